The molecule has 2 rings (SSSR count). The van der Waals surface area contributed by atoms with Crippen molar-refractivity contribution >= 4 is 39.6 Å². The normalized spacial score (nSPS) is 12.4. The van der Waals surface area contributed by atoms with Gasteiger partial charge in [0.05, 0.1) is 6.61 Å². The van der Waals surface area contributed by atoms with Gasteiger partial charge in [-0.25, -0.2) is 4.79 Å². The molecule has 0 aliphatic rings. The number of halogens is 2. The maximum atomic E-state index is 12.2. The van der Waals surface area contributed by atoms with Crippen LogP contribution in [-0.2, 0) is 9.53 Å². The molecule has 0 aromatic heterocycles. The molecule has 0 saturated heterocycles. The van der Waals surface area contributed by atoms with Gasteiger partial charge in [-0.3, -0.25) is 0 Å². The SMILES string of the molecule is CCN(CC)CCCC(COC(=O)/C=C/c1ccc(Cl)cc1)c1ccc(Br)cc1. The highest BCUT2D eigenvalue weighted by Gasteiger charge is 2.14. The molecule has 0 N–H and O–H groups in total. The molecule has 0 spiro atoms. The Morgan fingerprint density at radius 3 is 2.38 bits per heavy atom. The highest BCUT2D eigenvalue weighted by atomic mass is 79.9. The van der Waals surface area contributed by atoms with E-state index in [1.54, 1.807) is 18.2 Å². The number of esters is 1. The third-order valence-electron chi connectivity index (χ3n) is 4.97. The van der Waals surface area contributed by atoms with Crippen LogP contribution in [0.2, 0.25) is 5.02 Å². The van der Waals surface area contributed by atoms with Crippen LogP contribution in [0, 0.1) is 0 Å². The summed E-state index contributed by atoms with van der Waals surface area (Å²) in [6.45, 7) is 7.93. The number of carbonyl (C=O) groups excluding carboxylic acids is 1. The quantitative estimate of drug-likeness (QED) is 0.270. The molecule has 0 heterocycles. The van der Waals surface area contributed by atoms with Gasteiger partial charge in [0.15, 0.2) is 0 Å². The van der Waals surface area contributed by atoms with Crippen molar-refractivity contribution in [2.75, 3.05) is 26.2 Å². The van der Waals surface area contributed by atoms with Gasteiger partial charge in [-0.15, -0.1) is 0 Å². The average Bonchev–Trinajstić information content (AvgIpc) is 2.73. The summed E-state index contributed by atoms with van der Waals surface area (Å²) >= 11 is 9.37. The first-order valence-corrected chi connectivity index (χ1v) is 11.3. The number of nitrogens with zero attached hydrogens (tertiary/aromatic N) is 1. The van der Waals surface area contributed by atoms with Crippen molar-refractivity contribution in [3.05, 3.63) is 75.2 Å². The summed E-state index contributed by atoms with van der Waals surface area (Å²) in [6, 6.07) is 15.6. The maximum Gasteiger partial charge on any atom is 0.330 e. The molecule has 156 valence electrons. The van der Waals surface area contributed by atoms with Crippen LogP contribution in [-0.4, -0.2) is 37.1 Å². The second-order valence-corrected chi connectivity index (χ2v) is 8.28. The van der Waals surface area contributed by atoms with Gasteiger partial charge < -0.3 is 9.64 Å². The van der Waals surface area contributed by atoms with E-state index in [1.165, 1.54) is 11.6 Å². The van der Waals surface area contributed by atoms with Gasteiger partial charge in [0.25, 0.3) is 0 Å². The Labute approximate surface area is 187 Å². The molecule has 5 heteroatoms. The predicted octanol–water partition coefficient (Wildman–Crippen LogP) is 6.56. The van der Waals surface area contributed by atoms with Crippen molar-refractivity contribution in [3.63, 3.8) is 0 Å². The Balaban J connectivity index is 1.94. The summed E-state index contributed by atoms with van der Waals surface area (Å²) < 4.78 is 6.61. The molecule has 1 atom stereocenters. The molecule has 2 aromatic rings. The van der Waals surface area contributed by atoms with Crippen molar-refractivity contribution in [2.24, 2.45) is 0 Å². The van der Waals surface area contributed by atoms with Crippen LogP contribution < -0.4 is 0 Å². The van der Waals surface area contributed by atoms with Crippen molar-refractivity contribution in [1.82, 2.24) is 4.90 Å². The van der Waals surface area contributed by atoms with Crippen molar-refractivity contribution in [2.45, 2.75) is 32.6 Å². The first-order chi connectivity index (χ1) is 14.0. The molecular weight excluding hydrogens is 450 g/mol. The van der Waals surface area contributed by atoms with Gasteiger partial charge in [0.1, 0.15) is 0 Å². The van der Waals surface area contributed by atoms with E-state index < -0.39 is 0 Å². The van der Waals surface area contributed by atoms with Crippen LogP contribution in [0.3, 0.4) is 0 Å². The highest BCUT2D eigenvalue weighted by molar-refractivity contribution is 9.10. The van der Waals surface area contributed by atoms with E-state index in [4.69, 9.17) is 16.3 Å². The van der Waals surface area contributed by atoms with Crippen LogP contribution in [0.5, 0.6) is 0 Å². The van der Waals surface area contributed by atoms with E-state index in [-0.39, 0.29) is 11.9 Å². The van der Waals surface area contributed by atoms with Crippen LogP contribution in [0.25, 0.3) is 6.08 Å². The van der Waals surface area contributed by atoms with Gasteiger partial charge >= 0.3 is 5.97 Å². The fraction of sp³-hybridized carbons (Fsp3) is 0.375. The summed E-state index contributed by atoms with van der Waals surface area (Å²) in [5.41, 5.74) is 2.11. The molecule has 29 heavy (non-hydrogen) atoms. The third-order valence-corrected chi connectivity index (χ3v) is 5.75. The zero-order valence-corrected chi connectivity index (χ0v) is 19.5. The lowest BCUT2D eigenvalue weighted by Crippen LogP contribution is -2.24. The van der Waals surface area contributed by atoms with E-state index in [0.29, 0.717) is 11.6 Å². The minimum absolute atomic E-state index is 0.187. The van der Waals surface area contributed by atoms with Crippen molar-refractivity contribution < 1.29 is 9.53 Å². The van der Waals surface area contributed by atoms with Crippen molar-refractivity contribution in [1.29, 1.82) is 0 Å². The number of rotatable bonds is 11. The third kappa shape index (κ3) is 8.73. The number of carbonyl (C=O) groups is 1. The van der Waals surface area contributed by atoms with E-state index in [9.17, 15) is 4.79 Å². The summed E-state index contributed by atoms with van der Waals surface area (Å²) in [5, 5.41) is 0.673. The molecule has 0 bridgehead atoms. The molecule has 2 aromatic carbocycles. The van der Waals surface area contributed by atoms with Crippen LogP contribution >= 0.6 is 27.5 Å². The minimum atomic E-state index is -0.328. The molecular formula is C24H29BrClNO2. The minimum Gasteiger partial charge on any atom is -0.462 e. The summed E-state index contributed by atoms with van der Waals surface area (Å²) in [7, 11) is 0. The lowest BCUT2D eigenvalue weighted by Gasteiger charge is -2.21. The smallest absolute Gasteiger partial charge is 0.330 e. The van der Waals surface area contributed by atoms with E-state index in [1.807, 2.05) is 24.3 Å². The molecule has 0 radical (unpaired) electrons. The van der Waals surface area contributed by atoms with Crippen molar-refractivity contribution in [3.8, 4) is 0 Å². The summed E-state index contributed by atoms with van der Waals surface area (Å²) in [6.07, 6.45) is 5.26. The zero-order valence-electron chi connectivity index (χ0n) is 17.1. The molecule has 0 aliphatic heterocycles. The van der Waals surface area contributed by atoms with E-state index >= 15 is 0 Å². The largest absolute Gasteiger partial charge is 0.462 e. The molecule has 0 aliphatic carbocycles. The first-order valence-electron chi connectivity index (χ1n) is 10.1. The van der Waals surface area contributed by atoms with Crippen LogP contribution in [0.15, 0.2) is 59.1 Å². The Bertz CT molecular complexity index is 770. The Kier molecular flexibility index (Phi) is 10.5. The highest BCUT2D eigenvalue weighted by Crippen LogP contribution is 2.24. The standard InChI is InChI=1S/C24H29BrClNO2/c1-3-27(4-2)17-5-6-21(20-10-12-22(25)13-11-20)18-29-24(28)16-9-19-7-14-23(26)15-8-19/h7-16,21H,3-6,17-18H2,1-2H3/b16-9+. The van der Waals surface area contributed by atoms with Gasteiger partial charge in [0, 0.05) is 21.5 Å². The topological polar surface area (TPSA) is 29.5 Å². The second-order valence-electron chi connectivity index (χ2n) is 6.93. The van der Waals surface area contributed by atoms with Gasteiger partial charge in [-0.05, 0) is 73.9 Å². The van der Waals surface area contributed by atoms with Gasteiger partial charge in [-0.2, -0.15) is 0 Å². The Morgan fingerprint density at radius 1 is 1.10 bits per heavy atom. The van der Waals surface area contributed by atoms with E-state index in [0.717, 1.165) is 42.5 Å². The molecule has 1 unspecified atom stereocenters. The lowest BCUT2D eigenvalue weighted by atomic mass is 9.95. The average molecular weight is 479 g/mol. The molecule has 0 amide bonds. The van der Waals surface area contributed by atoms with E-state index in [2.05, 4.69) is 46.8 Å². The Hall–Kier alpha value is -1.62. The van der Waals surface area contributed by atoms with Crippen LogP contribution in [0.1, 0.15) is 43.7 Å². The number of hydrogen-bond acceptors (Lipinski definition) is 3. The fourth-order valence-electron chi connectivity index (χ4n) is 3.15. The summed E-state index contributed by atoms with van der Waals surface area (Å²) in [4.78, 5) is 14.6. The zero-order chi connectivity index (χ0) is 21.1. The fourth-order valence-corrected chi connectivity index (χ4v) is 3.54. The molecule has 0 saturated carbocycles. The number of benzene rings is 2. The lowest BCUT2D eigenvalue weighted by molar-refractivity contribution is -0.138. The number of ether oxygens (including phenoxy) is 1. The maximum absolute atomic E-state index is 12.2. The monoisotopic (exact) mass is 477 g/mol. The second kappa shape index (κ2) is 12.8. The predicted molar refractivity (Wildman–Crippen MR) is 125 cm³/mol. The first kappa shape index (κ1) is 23.7. The van der Waals surface area contributed by atoms with Crippen LogP contribution in [0.4, 0.5) is 0 Å². The number of hydrogen-bond donors (Lipinski definition) is 0. The Morgan fingerprint density at radius 2 is 1.76 bits per heavy atom. The molecule has 3 nitrogen and oxygen atoms in total. The summed E-state index contributed by atoms with van der Waals surface area (Å²) in [5.74, 6) is -0.141. The van der Waals surface area contributed by atoms with Gasteiger partial charge in [0.2, 0.25) is 0 Å². The van der Waals surface area contributed by atoms with Gasteiger partial charge in [-0.1, -0.05) is 65.6 Å². The molecule has 0 fully saturated rings.